The first kappa shape index (κ1) is 22.0. The van der Waals surface area contributed by atoms with Crippen molar-refractivity contribution >= 4 is 24.2 Å². The molecule has 26 heavy (non-hydrogen) atoms. The highest BCUT2D eigenvalue weighted by molar-refractivity contribution is 9.10. The Bertz CT molecular complexity index is 622. The largest absolute Gasteiger partial charge is 0.413 e. The Hall–Kier alpha value is -0.273. The van der Waals surface area contributed by atoms with Crippen LogP contribution in [-0.4, -0.2) is 48.0 Å². The minimum Gasteiger partial charge on any atom is -0.413 e. The molecule has 0 amide bonds. The normalized spacial score (nSPS) is 26.2. The van der Waals surface area contributed by atoms with Crippen molar-refractivity contribution in [3.8, 4) is 0 Å². The number of piperidine rings is 1. The molecule has 1 aromatic rings. The molecule has 1 aliphatic heterocycles. The Morgan fingerprint density at radius 1 is 1.23 bits per heavy atom. The van der Waals surface area contributed by atoms with Gasteiger partial charge in [0.25, 0.3) is 0 Å². The maximum Gasteiger partial charge on any atom is 0.192 e. The van der Waals surface area contributed by atoms with Crippen LogP contribution in [-0.2, 0) is 10.0 Å². The zero-order valence-electron chi connectivity index (χ0n) is 17.6. The van der Waals surface area contributed by atoms with Crippen LogP contribution in [0.5, 0.6) is 0 Å². The number of rotatable bonds is 3. The summed E-state index contributed by atoms with van der Waals surface area (Å²) < 4.78 is 7.63. The lowest BCUT2D eigenvalue weighted by molar-refractivity contribution is -0.106. The number of halogens is 1. The van der Waals surface area contributed by atoms with E-state index in [0.717, 1.165) is 16.7 Å². The number of aromatic nitrogens is 1. The third-order valence-electron chi connectivity index (χ3n) is 5.86. The summed E-state index contributed by atoms with van der Waals surface area (Å²) in [4.78, 5) is 6.83. The molecular formula is C20H35BrN2O2Si. The van der Waals surface area contributed by atoms with Crippen molar-refractivity contribution < 1.29 is 9.53 Å². The molecule has 1 aromatic heterocycles. The highest BCUT2D eigenvalue weighted by Crippen LogP contribution is 2.41. The fourth-order valence-electron chi connectivity index (χ4n) is 3.15. The van der Waals surface area contributed by atoms with Crippen LogP contribution >= 0.6 is 15.9 Å². The molecule has 0 aliphatic carbocycles. The number of aliphatic hydroxyl groups is 1. The van der Waals surface area contributed by atoms with Crippen molar-refractivity contribution in [1.29, 1.82) is 0 Å². The van der Waals surface area contributed by atoms with E-state index in [-0.39, 0.29) is 16.7 Å². The summed E-state index contributed by atoms with van der Waals surface area (Å²) >= 11 is 3.43. The summed E-state index contributed by atoms with van der Waals surface area (Å²) in [6, 6.07) is 3.86. The zero-order chi connectivity index (χ0) is 20.0. The first-order valence-electron chi connectivity index (χ1n) is 9.41. The molecule has 0 saturated carbocycles. The lowest BCUT2D eigenvalue weighted by atomic mass is 9.85. The van der Waals surface area contributed by atoms with Crippen LogP contribution in [0.2, 0.25) is 18.1 Å². The Morgan fingerprint density at radius 3 is 2.31 bits per heavy atom. The molecule has 6 heteroatoms. The molecular weight excluding hydrogens is 408 g/mol. The van der Waals surface area contributed by atoms with Crippen molar-refractivity contribution in [3.05, 3.63) is 28.5 Å². The van der Waals surface area contributed by atoms with E-state index in [0.29, 0.717) is 13.0 Å². The minimum absolute atomic E-state index is 0.000636. The van der Waals surface area contributed by atoms with E-state index in [1.807, 2.05) is 12.1 Å². The van der Waals surface area contributed by atoms with Gasteiger partial charge in [-0.1, -0.05) is 20.8 Å². The van der Waals surface area contributed by atoms with Crippen molar-refractivity contribution in [2.75, 3.05) is 13.1 Å². The number of likely N-dealkylation sites (tertiary alicyclic amines) is 1. The van der Waals surface area contributed by atoms with Crippen molar-refractivity contribution in [1.82, 2.24) is 9.88 Å². The molecule has 0 radical (unpaired) electrons. The summed E-state index contributed by atoms with van der Waals surface area (Å²) in [5.41, 5.74) is -0.323. The number of β-amino-alcohol motifs (C(OH)–C–C–N with tert-alkyl or cyclic N) is 1. The molecule has 1 aliphatic rings. The summed E-state index contributed by atoms with van der Waals surface area (Å²) in [6.45, 7) is 19.3. The van der Waals surface area contributed by atoms with Crippen molar-refractivity contribution in [2.45, 2.75) is 83.3 Å². The van der Waals surface area contributed by atoms with Crippen molar-refractivity contribution in [3.63, 3.8) is 0 Å². The van der Waals surface area contributed by atoms with Gasteiger partial charge in [0.2, 0.25) is 0 Å². The Kier molecular flexibility index (Phi) is 6.17. The fraction of sp³-hybridized carbons (Fsp3) is 0.750. The fourth-order valence-corrected chi connectivity index (χ4v) is 4.73. The standard InChI is InChI=1S/C20H35BrN2O2Si/c1-18(2,3)23-13-16(25-26(7,8)19(4,5)6)11-20(24,14-23)17-10-9-15(21)12-22-17/h9-10,12,16,24H,11,13-14H2,1-8H3/t16-,20?/m1/s1. The second-order valence-corrected chi connectivity index (χ2v) is 15.8. The quantitative estimate of drug-likeness (QED) is 0.674. The van der Waals surface area contributed by atoms with Gasteiger partial charge in [0.15, 0.2) is 8.32 Å². The van der Waals surface area contributed by atoms with Gasteiger partial charge in [0.1, 0.15) is 5.60 Å². The monoisotopic (exact) mass is 442 g/mol. The van der Waals surface area contributed by atoms with Crippen molar-refractivity contribution in [2.24, 2.45) is 0 Å². The molecule has 1 N–H and O–H groups in total. The molecule has 148 valence electrons. The second kappa shape index (κ2) is 7.28. The summed E-state index contributed by atoms with van der Waals surface area (Å²) in [5.74, 6) is 0. The van der Waals surface area contributed by atoms with Crippen LogP contribution in [0.1, 0.15) is 53.7 Å². The molecule has 1 unspecified atom stereocenters. The van der Waals surface area contributed by atoms with E-state index in [9.17, 15) is 5.11 Å². The van der Waals surface area contributed by atoms with E-state index in [2.05, 4.69) is 80.5 Å². The lowest BCUT2D eigenvalue weighted by Crippen LogP contribution is -2.60. The van der Waals surface area contributed by atoms with Gasteiger partial charge in [0, 0.05) is 35.7 Å². The van der Waals surface area contributed by atoms with E-state index >= 15 is 0 Å². The van der Waals surface area contributed by atoms with Gasteiger partial charge in [-0.15, -0.1) is 0 Å². The highest BCUT2D eigenvalue weighted by Gasteiger charge is 2.47. The Balaban J connectivity index is 2.34. The maximum atomic E-state index is 11.6. The number of hydrogen-bond acceptors (Lipinski definition) is 4. The van der Waals surface area contributed by atoms with Crippen LogP contribution in [0.3, 0.4) is 0 Å². The maximum absolute atomic E-state index is 11.6. The second-order valence-electron chi connectivity index (χ2n) is 10.1. The number of hydrogen-bond donors (Lipinski definition) is 1. The molecule has 1 saturated heterocycles. The zero-order valence-corrected chi connectivity index (χ0v) is 20.1. The van der Waals surface area contributed by atoms with E-state index in [1.165, 1.54) is 0 Å². The average Bonchev–Trinajstić information content (AvgIpc) is 2.44. The van der Waals surface area contributed by atoms with Gasteiger partial charge in [-0.2, -0.15) is 0 Å². The summed E-state index contributed by atoms with van der Waals surface area (Å²) in [6.07, 6.45) is 2.34. The molecule has 1 fully saturated rings. The summed E-state index contributed by atoms with van der Waals surface area (Å²) in [5, 5.41) is 11.7. The first-order valence-corrected chi connectivity index (χ1v) is 13.1. The van der Waals surface area contributed by atoms with E-state index in [1.54, 1.807) is 6.20 Å². The van der Waals surface area contributed by atoms with Crippen LogP contribution < -0.4 is 0 Å². The summed E-state index contributed by atoms with van der Waals surface area (Å²) in [7, 11) is -1.92. The van der Waals surface area contributed by atoms with Gasteiger partial charge in [0.05, 0.1) is 11.8 Å². The first-order chi connectivity index (χ1) is 11.6. The molecule has 2 rings (SSSR count). The van der Waals surface area contributed by atoms with E-state index < -0.39 is 13.9 Å². The Labute approximate surface area is 168 Å². The number of pyridine rings is 1. The van der Waals surface area contributed by atoms with E-state index in [4.69, 9.17) is 4.43 Å². The van der Waals surface area contributed by atoms with Gasteiger partial charge < -0.3 is 9.53 Å². The van der Waals surface area contributed by atoms with Crippen LogP contribution in [0, 0.1) is 0 Å². The molecule has 0 spiro atoms. The molecule has 0 aromatic carbocycles. The lowest BCUT2D eigenvalue weighted by Gasteiger charge is -2.50. The van der Waals surface area contributed by atoms with Gasteiger partial charge in [-0.05, 0) is 67.0 Å². The van der Waals surface area contributed by atoms with Gasteiger partial charge in [-0.3, -0.25) is 9.88 Å². The topological polar surface area (TPSA) is 45.6 Å². The van der Waals surface area contributed by atoms with Gasteiger partial charge in [-0.25, -0.2) is 0 Å². The molecule has 2 heterocycles. The number of nitrogens with zero attached hydrogens (tertiary/aromatic N) is 2. The predicted octanol–water partition coefficient (Wildman–Crippen LogP) is 4.93. The smallest absolute Gasteiger partial charge is 0.192 e. The minimum atomic E-state index is -1.92. The molecule has 0 bridgehead atoms. The molecule has 4 nitrogen and oxygen atoms in total. The Morgan fingerprint density at radius 2 is 1.85 bits per heavy atom. The third-order valence-corrected chi connectivity index (χ3v) is 10.9. The van der Waals surface area contributed by atoms with Crippen LogP contribution in [0.15, 0.2) is 22.8 Å². The average molecular weight is 444 g/mol. The highest BCUT2D eigenvalue weighted by atomic mass is 79.9. The van der Waals surface area contributed by atoms with Crippen LogP contribution in [0.25, 0.3) is 0 Å². The SMILES string of the molecule is CC(C)(C)N1C[C@H](O[Si](C)(C)C(C)(C)C)CC(O)(c2ccc(Br)cn2)C1. The van der Waals surface area contributed by atoms with Crippen LogP contribution in [0.4, 0.5) is 0 Å². The molecule has 2 atom stereocenters. The predicted molar refractivity (Wildman–Crippen MR) is 114 cm³/mol. The van der Waals surface area contributed by atoms with Gasteiger partial charge >= 0.3 is 0 Å². The third kappa shape index (κ3) is 4.96.